The van der Waals surface area contributed by atoms with Gasteiger partial charge >= 0.3 is 0 Å². The third kappa shape index (κ3) is 3.63. The Kier molecular flexibility index (Phi) is 4.76. The van der Waals surface area contributed by atoms with E-state index in [2.05, 4.69) is 25.4 Å². The Morgan fingerprint density at radius 1 is 1.07 bits per heavy atom. The zero-order valence-electron chi connectivity index (χ0n) is 14.9. The molecule has 0 radical (unpaired) electrons. The summed E-state index contributed by atoms with van der Waals surface area (Å²) in [6, 6.07) is 13.7. The molecule has 3 heterocycles. The zero-order valence-corrected chi connectivity index (χ0v) is 14.9. The van der Waals surface area contributed by atoms with Gasteiger partial charge in [0.05, 0.1) is 24.2 Å². The fourth-order valence-electron chi connectivity index (χ4n) is 3.01. The molecule has 7 heteroatoms. The van der Waals surface area contributed by atoms with Crippen molar-refractivity contribution in [2.24, 2.45) is 7.05 Å². The second kappa shape index (κ2) is 7.51. The van der Waals surface area contributed by atoms with Gasteiger partial charge in [0.2, 0.25) is 0 Å². The molecule has 0 saturated carbocycles. The van der Waals surface area contributed by atoms with Crippen LogP contribution in [0.15, 0.2) is 61.1 Å². The summed E-state index contributed by atoms with van der Waals surface area (Å²) < 4.78 is 1.72. The molecule has 1 atom stereocenters. The van der Waals surface area contributed by atoms with Crippen molar-refractivity contribution in [3.8, 4) is 11.4 Å². The van der Waals surface area contributed by atoms with Crippen LogP contribution in [-0.2, 0) is 13.5 Å². The molecule has 2 N–H and O–H groups in total. The fourth-order valence-corrected chi connectivity index (χ4v) is 3.01. The summed E-state index contributed by atoms with van der Waals surface area (Å²) >= 11 is 0. The third-order valence-electron chi connectivity index (χ3n) is 4.40. The van der Waals surface area contributed by atoms with Crippen LogP contribution in [0.1, 0.15) is 5.56 Å². The van der Waals surface area contributed by atoms with Gasteiger partial charge in [-0.1, -0.05) is 30.3 Å². The van der Waals surface area contributed by atoms with E-state index in [1.807, 2.05) is 49.5 Å². The van der Waals surface area contributed by atoms with Gasteiger partial charge in [-0.2, -0.15) is 5.10 Å². The number of anilines is 1. The maximum absolute atomic E-state index is 9.88. The Labute approximate surface area is 156 Å². The van der Waals surface area contributed by atoms with E-state index in [4.69, 9.17) is 0 Å². The Hall–Kier alpha value is -3.32. The van der Waals surface area contributed by atoms with Gasteiger partial charge in [0, 0.05) is 25.0 Å². The minimum Gasteiger partial charge on any atom is -0.394 e. The number of hydrogen-bond donors (Lipinski definition) is 2. The highest BCUT2D eigenvalue weighted by Gasteiger charge is 2.16. The summed E-state index contributed by atoms with van der Waals surface area (Å²) in [4.78, 5) is 13.5. The summed E-state index contributed by atoms with van der Waals surface area (Å²) in [6.07, 6.45) is 5.87. The van der Waals surface area contributed by atoms with E-state index in [-0.39, 0.29) is 12.6 Å². The van der Waals surface area contributed by atoms with Gasteiger partial charge in [-0.25, -0.2) is 9.97 Å². The lowest BCUT2D eigenvalue weighted by atomic mass is 10.1. The largest absolute Gasteiger partial charge is 0.394 e. The standard InChI is InChI=1S/C20H20N6O/c1-26-20-17(12-22-26)19(24-18(25-20)15-8-5-9-21-11-15)23-16(13-27)10-14-6-3-2-4-7-14/h2-9,11-12,16,27H,10,13H2,1H3,(H,23,24,25). The zero-order chi connectivity index (χ0) is 18.6. The van der Waals surface area contributed by atoms with Crippen LogP contribution < -0.4 is 5.32 Å². The number of aryl methyl sites for hydroxylation is 1. The summed E-state index contributed by atoms with van der Waals surface area (Å²) in [5.74, 6) is 1.22. The first-order valence-electron chi connectivity index (χ1n) is 8.76. The molecule has 0 bridgehead atoms. The van der Waals surface area contributed by atoms with Crippen molar-refractivity contribution in [2.75, 3.05) is 11.9 Å². The highest BCUT2D eigenvalue weighted by molar-refractivity contribution is 5.88. The number of nitrogens with one attached hydrogen (secondary N) is 1. The van der Waals surface area contributed by atoms with Crippen LogP contribution in [0.25, 0.3) is 22.4 Å². The molecule has 1 unspecified atom stereocenters. The number of benzene rings is 1. The number of hydrogen-bond acceptors (Lipinski definition) is 6. The van der Waals surface area contributed by atoms with E-state index in [0.29, 0.717) is 18.1 Å². The first-order chi connectivity index (χ1) is 13.2. The van der Waals surface area contributed by atoms with Gasteiger partial charge < -0.3 is 10.4 Å². The molecule has 1 aromatic carbocycles. The summed E-state index contributed by atoms with van der Waals surface area (Å²) in [5.41, 5.74) is 2.70. The Bertz CT molecular complexity index is 1030. The molecule has 0 fully saturated rings. The van der Waals surface area contributed by atoms with Crippen molar-refractivity contribution in [1.29, 1.82) is 0 Å². The molecule has 0 aliphatic carbocycles. The van der Waals surface area contributed by atoms with Crippen LogP contribution in [0.4, 0.5) is 5.82 Å². The molecule has 7 nitrogen and oxygen atoms in total. The summed E-state index contributed by atoms with van der Waals surface area (Å²) in [6.45, 7) is -0.0110. The van der Waals surface area contributed by atoms with Gasteiger partial charge in [0.1, 0.15) is 5.82 Å². The van der Waals surface area contributed by atoms with Gasteiger partial charge in [0.25, 0.3) is 0 Å². The lowest BCUT2D eigenvalue weighted by Crippen LogP contribution is -2.27. The molecule has 3 aromatic heterocycles. The first-order valence-corrected chi connectivity index (χ1v) is 8.76. The molecular weight excluding hydrogens is 340 g/mol. The van der Waals surface area contributed by atoms with Crippen LogP contribution in [-0.4, -0.2) is 42.5 Å². The molecule has 4 aromatic rings. The Balaban J connectivity index is 1.71. The highest BCUT2D eigenvalue weighted by atomic mass is 16.3. The molecule has 0 spiro atoms. The second-order valence-corrected chi connectivity index (χ2v) is 6.36. The molecule has 0 saturated heterocycles. The number of rotatable bonds is 6. The number of aliphatic hydroxyl groups is 1. The molecule has 0 amide bonds. The van der Waals surface area contributed by atoms with Crippen molar-refractivity contribution in [3.63, 3.8) is 0 Å². The van der Waals surface area contributed by atoms with Crippen LogP contribution in [0.3, 0.4) is 0 Å². The average Bonchev–Trinajstić information content (AvgIpc) is 3.10. The fraction of sp³-hybridized carbons (Fsp3) is 0.200. The monoisotopic (exact) mass is 360 g/mol. The lowest BCUT2D eigenvalue weighted by Gasteiger charge is -2.18. The number of nitrogens with zero attached hydrogens (tertiary/aromatic N) is 5. The van der Waals surface area contributed by atoms with Crippen molar-refractivity contribution < 1.29 is 5.11 Å². The minimum atomic E-state index is -0.174. The normalized spacial score (nSPS) is 12.2. The van der Waals surface area contributed by atoms with Crippen molar-refractivity contribution in [2.45, 2.75) is 12.5 Å². The number of fused-ring (bicyclic) bond motifs is 1. The van der Waals surface area contributed by atoms with E-state index in [9.17, 15) is 5.11 Å². The predicted molar refractivity (Wildman–Crippen MR) is 104 cm³/mol. The van der Waals surface area contributed by atoms with E-state index >= 15 is 0 Å². The van der Waals surface area contributed by atoms with Crippen LogP contribution >= 0.6 is 0 Å². The topological polar surface area (TPSA) is 88.8 Å². The molecule has 4 rings (SSSR count). The Morgan fingerprint density at radius 3 is 2.67 bits per heavy atom. The summed E-state index contributed by atoms with van der Waals surface area (Å²) in [5, 5.41) is 18.4. The number of aliphatic hydroxyl groups excluding tert-OH is 1. The van der Waals surface area contributed by atoms with Gasteiger partial charge in [-0.3, -0.25) is 9.67 Å². The lowest BCUT2D eigenvalue weighted by molar-refractivity contribution is 0.273. The van der Waals surface area contributed by atoms with Gasteiger partial charge in [0.15, 0.2) is 11.5 Å². The SMILES string of the molecule is Cn1ncc2c(NC(CO)Cc3ccccc3)nc(-c3cccnc3)nc21. The maximum Gasteiger partial charge on any atom is 0.165 e. The van der Waals surface area contributed by atoms with E-state index in [0.717, 1.165) is 22.2 Å². The van der Waals surface area contributed by atoms with Crippen LogP contribution in [0.2, 0.25) is 0 Å². The molecule has 27 heavy (non-hydrogen) atoms. The van der Waals surface area contributed by atoms with E-state index in [1.54, 1.807) is 23.3 Å². The second-order valence-electron chi connectivity index (χ2n) is 6.36. The smallest absolute Gasteiger partial charge is 0.165 e. The molecular formula is C20H20N6O. The Morgan fingerprint density at radius 2 is 1.93 bits per heavy atom. The van der Waals surface area contributed by atoms with Crippen LogP contribution in [0.5, 0.6) is 0 Å². The average molecular weight is 360 g/mol. The van der Waals surface area contributed by atoms with E-state index in [1.165, 1.54) is 0 Å². The molecule has 136 valence electrons. The minimum absolute atomic E-state index is 0.0110. The van der Waals surface area contributed by atoms with Gasteiger partial charge in [-0.05, 0) is 24.1 Å². The molecule has 0 aliphatic rings. The van der Waals surface area contributed by atoms with Crippen LogP contribution in [0, 0.1) is 0 Å². The predicted octanol–water partition coefficient (Wildman–Crippen LogP) is 2.44. The maximum atomic E-state index is 9.88. The van der Waals surface area contributed by atoms with Crippen molar-refractivity contribution >= 4 is 16.9 Å². The molecule has 0 aliphatic heterocycles. The van der Waals surface area contributed by atoms with Gasteiger partial charge in [-0.15, -0.1) is 0 Å². The summed E-state index contributed by atoms with van der Waals surface area (Å²) in [7, 11) is 1.85. The first kappa shape index (κ1) is 17.1. The number of pyridine rings is 1. The van der Waals surface area contributed by atoms with E-state index < -0.39 is 0 Å². The van der Waals surface area contributed by atoms with Crippen molar-refractivity contribution in [3.05, 3.63) is 66.6 Å². The highest BCUT2D eigenvalue weighted by Crippen LogP contribution is 2.25. The van der Waals surface area contributed by atoms with Crippen molar-refractivity contribution in [1.82, 2.24) is 24.7 Å². The number of aromatic nitrogens is 5. The quantitative estimate of drug-likeness (QED) is 0.549. The third-order valence-corrected chi connectivity index (χ3v) is 4.40.